The van der Waals surface area contributed by atoms with Crippen molar-refractivity contribution in [2.45, 2.75) is 51.2 Å². The largest absolute Gasteiger partial charge is 0.416 e. The molecule has 7 heteroatoms. The number of benzene rings is 1. The highest BCUT2D eigenvalue weighted by atomic mass is 19.4. The van der Waals surface area contributed by atoms with Crippen LogP contribution in [0.1, 0.15) is 49.7 Å². The van der Waals surface area contributed by atoms with Gasteiger partial charge in [-0.3, -0.25) is 9.69 Å². The van der Waals surface area contributed by atoms with Gasteiger partial charge in [0.1, 0.15) is 0 Å². The van der Waals surface area contributed by atoms with E-state index in [-0.39, 0.29) is 5.91 Å². The van der Waals surface area contributed by atoms with Gasteiger partial charge in [-0.05, 0) is 43.5 Å². The first-order valence-corrected chi connectivity index (χ1v) is 9.76. The van der Waals surface area contributed by atoms with Gasteiger partial charge in [-0.15, -0.1) is 0 Å². The number of nitrogens with zero attached hydrogens (tertiary/aromatic N) is 2. The zero-order valence-electron chi connectivity index (χ0n) is 15.8. The van der Waals surface area contributed by atoms with Crippen molar-refractivity contribution in [3.05, 3.63) is 35.4 Å². The highest BCUT2D eigenvalue weighted by Gasteiger charge is 2.30. The van der Waals surface area contributed by atoms with E-state index in [4.69, 9.17) is 5.73 Å². The minimum absolute atomic E-state index is 0.208. The van der Waals surface area contributed by atoms with E-state index in [0.29, 0.717) is 26.1 Å². The fraction of sp³-hybridized carbons (Fsp3) is 0.650. The van der Waals surface area contributed by atoms with Crippen molar-refractivity contribution in [3.63, 3.8) is 0 Å². The van der Waals surface area contributed by atoms with Crippen LogP contribution in [-0.2, 0) is 17.5 Å². The van der Waals surface area contributed by atoms with Crippen molar-refractivity contribution in [2.24, 2.45) is 5.73 Å². The monoisotopic (exact) mass is 385 g/mol. The predicted molar refractivity (Wildman–Crippen MR) is 100 cm³/mol. The number of nitrogens with two attached hydrogens (primary N) is 1. The molecule has 0 aliphatic carbocycles. The maximum Gasteiger partial charge on any atom is 0.416 e. The van der Waals surface area contributed by atoms with Gasteiger partial charge in [0.15, 0.2) is 0 Å². The average Bonchev–Trinajstić information content (AvgIpc) is 2.87. The number of halogens is 3. The van der Waals surface area contributed by atoms with Crippen LogP contribution in [0.2, 0.25) is 0 Å². The molecule has 152 valence electrons. The van der Waals surface area contributed by atoms with Crippen molar-refractivity contribution < 1.29 is 18.0 Å². The summed E-state index contributed by atoms with van der Waals surface area (Å²) in [5.41, 5.74) is 5.71. The number of hydrogen-bond acceptors (Lipinski definition) is 3. The molecule has 1 aromatic carbocycles. The molecule has 0 atom stereocenters. The molecular formula is C20H30F3N3O. The highest BCUT2D eigenvalue weighted by molar-refractivity contribution is 5.76. The van der Waals surface area contributed by atoms with Crippen molar-refractivity contribution in [1.82, 2.24) is 9.80 Å². The standard InChI is InChI=1S/C20H30F3N3O/c21-20(22,23)18-9-7-17(8-10-18)16-25-12-5-13-26(15-14-25)19(27)6-3-1-2-4-11-24/h7-10H,1-6,11-16,24H2. The van der Waals surface area contributed by atoms with Crippen LogP contribution in [0.25, 0.3) is 0 Å². The van der Waals surface area contributed by atoms with Gasteiger partial charge >= 0.3 is 6.18 Å². The Balaban J connectivity index is 1.76. The van der Waals surface area contributed by atoms with E-state index < -0.39 is 11.7 Å². The van der Waals surface area contributed by atoms with Crippen LogP contribution in [-0.4, -0.2) is 48.4 Å². The predicted octanol–water partition coefficient (Wildman–Crippen LogP) is 3.65. The summed E-state index contributed by atoms with van der Waals surface area (Å²) in [5.74, 6) is 0.208. The van der Waals surface area contributed by atoms with Gasteiger partial charge in [-0.1, -0.05) is 25.0 Å². The van der Waals surface area contributed by atoms with Crippen molar-refractivity contribution in [1.29, 1.82) is 0 Å². The molecule has 1 saturated heterocycles. The molecule has 1 aliphatic rings. The third kappa shape index (κ3) is 7.50. The van der Waals surface area contributed by atoms with Crippen LogP contribution >= 0.6 is 0 Å². The summed E-state index contributed by atoms with van der Waals surface area (Å²) < 4.78 is 37.9. The van der Waals surface area contributed by atoms with E-state index in [0.717, 1.165) is 69.4 Å². The first-order chi connectivity index (χ1) is 12.9. The molecule has 2 rings (SSSR count). The lowest BCUT2D eigenvalue weighted by atomic mass is 10.1. The second-order valence-electron chi connectivity index (χ2n) is 7.16. The smallest absolute Gasteiger partial charge is 0.341 e. The zero-order valence-corrected chi connectivity index (χ0v) is 15.8. The Bertz CT molecular complexity index is 575. The maximum absolute atomic E-state index is 12.6. The molecule has 4 nitrogen and oxygen atoms in total. The molecule has 0 radical (unpaired) electrons. The summed E-state index contributed by atoms with van der Waals surface area (Å²) in [7, 11) is 0. The summed E-state index contributed by atoms with van der Waals surface area (Å²) in [4.78, 5) is 16.5. The number of carbonyl (C=O) groups is 1. The van der Waals surface area contributed by atoms with Gasteiger partial charge in [0.05, 0.1) is 5.56 Å². The first kappa shape index (κ1) is 21.7. The summed E-state index contributed by atoms with van der Waals surface area (Å²) in [6, 6.07) is 5.34. The van der Waals surface area contributed by atoms with Gasteiger partial charge in [-0.25, -0.2) is 0 Å². The number of carbonyl (C=O) groups excluding carboxylic acids is 1. The Morgan fingerprint density at radius 1 is 0.963 bits per heavy atom. The summed E-state index contributed by atoms with van der Waals surface area (Å²) in [6.45, 7) is 4.35. The third-order valence-corrected chi connectivity index (χ3v) is 4.97. The zero-order chi connectivity index (χ0) is 19.7. The van der Waals surface area contributed by atoms with Gasteiger partial charge in [-0.2, -0.15) is 13.2 Å². The molecule has 1 heterocycles. The quantitative estimate of drug-likeness (QED) is 0.695. The lowest BCUT2D eigenvalue weighted by molar-refractivity contribution is -0.137. The molecule has 2 N–H and O–H groups in total. The van der Waals surface area contributed by atoms with Crippen molar-refractivity contribution in [3.8, 4) is 0 Å². The Morgan fingerprint density at radius 3 is 2.33 bits per heavy atom. The molecule has 0 aromatic heterocycles. The third-order valence-electron chi connectivity index (χ3n) is 4.97. The summed E-state index contributed by atoms with van der Waals surface area (Å²) >= 11 is 0. The van der Waals surface area contributed by atoms with Crippen LogP contribution in [0.5, 0.6) is 0 Å². The van der Waals surface area contributed by atoms with Crippen LogP contribution in [0.15, 0.2) is 24.3 Å². The van der Waals surface area contributed by atoms with E-state index in [2.05, 4.69) is 4.90 Å². The van der Waals surface area contributed by atoms with Crippen LogP contribution in [0.4, 0.5) is 13.2 Å². The lowest BCUT2D eigenvalue weighted by Gasteiger charge is -2.22. The van der Waals surface area contributed by atoms with Crippen molar-refractivity contribution >= 4 is 5.91 Å². The summed E-state index contributed by atoms with van der Waals surface area (Å²) in [5, 5.41) is 0. The molecule has 27 heavy (non-hydrogen) atoms. The molecule has 1 aromatic rings. The Hall–Kier alpha value is -1.60. The SMILES string of the molecule is NCCCCCCC(=O)N1CCCN(Cc2ccc(C(F)(F)F)cc2)CC1. The Kier molecular flexibility index (Phi) is 8.57. The van der Waals surface area contributed by atoms with Gasteiger partial charge in [0.25, 0.3) is 0 Å². The molecule has 1 fully saturated rings. The van der Waals surface area contributed by atoms with E-state index in [1.807, 2.05) is 4.90 Å². The minimum atomic E-state index is -4.30. The van der Waals surface area contributed by atoms with Crippen LogP contribution in [0.3, 0.4) is 0 Å². The molecule has 1 amide bonds. The second kappa shape index (κ2) is 10.7. The Labute approximate surface area is 159 Å². The first-order valence-electron chi connectivity index (χ1n) is 9.76. The summed E-state index contributed by atoms with van der Waals surface area (Å²) in [6.07, 6.45) is 1.21. The number of amides is 1. The van der Waals surface area contributed by atoms with E-state index in [1.54, 1.807) is 0 Å². The number of hydrogen-bond donors (Lipinski definition) is 1. The number of rotatable bonds is 8. The molecule has 1 aliphatic heterocycles. The number of alkyl halides is 3. The van der Waals surface area contributed by atoms with Crippen molar-refractivity contribution in [2.75, 3.05) is 32.7 Å². The van der Waals surface area contributed by atoms with Crippen LogP contribution < -0.4 is 5.73 Å². The van der Waals surface area contributed by atoms with Crippen LogP contribution in [0, 0.1) is 0 Å². The Morgan fingerprint density at radius 2 is 1.67 bits per heavy atom. The highest BCUT2D eigenvalue weighted by Crippen LogP contribution is 2.29. The van der Waals surface area contributed by atoms with Gasteiger partial charge in [0, 0.05) is 39.1 Å². The van der Waals surface area contributed by atoms with E-state index >= 15 is 0 Å². The van der Waals surface area contributed by atoms with E-state index in [9.17, 15) is 18.0 Å². The normalized spacial score (nSPS) is 16.4. The fourth-order valence-corrected chi connectivity index (χ4v) is 3.37. The second-order valence-corrected chi connectivity index (χ2v) is 7.16. The molecule has 0 saturated carbocycles. The molecule has 0 spiro atoms. The molecule has 0 unspecified atom stereocenters. The lowest BCUT2D eigenvalue weighted by Crippen LogP contribution is -2.34. The van der Waals surface area contributed by atoms with Gasteiger partial charge in [0.2, 0.25) is 5.91 Å². The molecular weight excluding hydrogens is 355 g/mol. The maximum atomic E-state index is 12.6. The fourth-order valence-electron chi connectivity index (χ4n) is 3.37. The van der Waals surface area contributed by atoms with Gasteiger partial charge < -0.3 is 10.6 Å². The van der Waals surface area contributed by atoms with E-state index in [1.165, 1.54) is 12.1 Å². The molecule has 0 bridgehead atoms. The number of unbranched alkanes of at least 4 members (excludes halogenated alkanes) is 3. The average molecular weight is 385 g/mol. The minimum Gasteiger partial charge on any atom is -0.341 e. The topological polar surface area (TPSA) is 49.6 Å².